The van der Waals surface area contributed by atoms with E-state index >= 15 is 0 Å². The van der Waals surface area contributed by atoms with Crippen molar-refractivity contribution in [3.05, 3.63) is 57.9 Å². The van der Waals surface area contributed by atoms with Gasteiger partial charge in [-0.25, -0.2) is 4.39 Å². The van der Waals surface area contributed by atoms with E-state index in [1.54, 1.807) is 12.3 Å². The number of hydrogen-bond acceptors (Lipinski definition) is 5. The van der Waals surface area contributed by atoms with Gasteiger partial charge in [0.25, 0.3) is 5.89 Å². The summed E-state index contributed by atoms with van der Waals surface area (Å²) in [6.07, 6.45) is 2.58. The molecule has 4 rings (SSSR count). The van der Waals surface area contributed by atoms with E-state index in [4.69, 9.17) is 4.52 Å². The lowest BCUT2D eigenvalue weighted by Crippen LogP contribution is -2.12. The van der Waals surface area contributed by atoms with Crippen LogP contribution >= 0.6 is 11.3 Å². The molecule has 3 aromatic heterocycles. The summed E-state index contributed by atoms with van der Waals surface area (Å²) in [6, 6.07) is 8.00. The largest absolute Gasteiger partial charge is 0.346 e. The first-order valence-corrected chi connectivity index (χ1v) is 8.76. The maximum atomic E-state index is 13.7. The maximum absolute atomic E-state index is 13.7. The van der Waals surface area contributed by atoms with Crippen LogP contribution in [-0.4, -0.2) is 14.7 Å². The molecule has 0 saturated heterocycles. The van der Waals surface area contributed by atoms with Crippen molar-refractivity contribution in [1.82, 2.24) is 14.7 Å². The Morgan fingerprint density at radius 1 is 1.32 bits per heavy atom. The van der Waals surface area contributed by atoms with Gasteiger partial charge in [0.15, 0.2) is 0 Å². The third-order valence-electron chi connectivity index (χ3n) is 3.90. The number of hydrogen-bond donors (Lipinski definition) is 0. The van der Waals surface area contributed by atoms with Crippen LogP contribution in [0.1, 0.15) is 13.3 Å². The predicted octanol–water partition coefficient (Wildman–Crippen LogP) is 4.33. The van der Waals surface area contributed by atoms with Crippen molar-refractivity contribution in [3.8, 4) is 22.2 Å². The number of nitrogens with zero attached hydrogens (tertiary/aromatic N) is 3. The average molecular weight is 355 g/mol. The van der Waals surface area contributed by atoms with Crippen LogP contribution in [0.4, 0.5) is 4.39 Å². The average Bonchev–Trinajstić information content (AvgIpc) is 3.28. The number of aromatic nitrogens is 3. The molecular weight excluding hydrogens is 341 g/mol. The summed E-state index contributed by atoms with van der Waals surface area (Å²) in [7, 11) is 0. The van der Waals surface area contributed by atoms with Gasteiger partial charge in [0.05, 0.1) is 10.4 Å². The zero-order valence-electron chi connectivity index (χ0n) is 13.4. The van der Waals surface area contributed by atoms with Gasteiger partial charge in [-0.3, -0.25) is 4.79 Å². The molecule has 0 bridgehead atoms. The van der Waals surface area contributed by atoms with Gasteiger partial charge in [0, 0.05) is 18.1 Å². The van der Waals surface area contributed by atoms with Gasteiger partial charge in [-0.1, -0.05) is 18.1 Å². The van der Waals surface area contributed by atoms with Crippen LogP contribution in [-0.2, 0) is 6.54 Å². The Labute approximate surface area is 146 Å². The number of aryl methyl sites for hydroxylation is 1. The van der Waals surface area contributed by atoms with Crippen molar-refractivity contribution in [2.75, 3.05) is 0 Å². The molecule has 7 heteroatoms. The van der Waals surface area contributed by atoms with Crippen molar-refractivity contribution < 1.29 is 8.91 Å². The van der Waals surface area contributed by atoms with Crippen LogP contribution in [0, 0.1) is 5.82 Å². The van der Waals surface area contributed by atoms with E-state index < -0.39 is 5.82 Å². The van der Waals surface area contributed by atoms with Gasteiger partial charge in [0.1, 0.15) is 11.4 Å². The highest BCUT2D eigenvalue weighted by molar-refractivity contribution is 7.13. The molecule has 0 N–H and O–H groups in total. The molecule has 0 spiro atoms. The zero-order valence-corrected chi connectivity index (χ0v) is 14.2. The lowest BCUT2D eigenvalue weighted by atomic mass is 10.1. The number of pyridine rings is 1. The third kappa shape index (κ3) is 2.76. The number of rotatable bonds is 4. The third-order valence-corrected chi connectivity index (χ3v) is 4.77. The minimum atomic E-state index is -0.449. The molecule has 0 aliphatic heterocycles. The minimum Gasteiger partial charge on any atom is -0.346 e. The van der Waals surface area contributed by atoms with E-state index in [1.165, 1.54) is 23.5 Å². The van der Waals surface area contributed by atoms with Crippen LogP contribution in [0.3, 0.4) is 0 Å². The van der Waals surface area contributed by atoms with Crippen LogP contribution in [0.25, 0.3) is 33.1 Å². The second kappa shape index (κ2) is 6.25. The quantitative estimate of drug-likeness (QED) is 0.547. The molecule has 126 valence electrons. The summed E-state index contributed by atoms with van der Waals surface area (Å²) in [6.45, 7) is 2.73. The SMILES string of the molecule is CCCn1cc(-c2nc(-c3cccs3)no2)c(=O)c2cc(F)ccc21. The molecule has 0 fully saturated rings. The number of halogens is 1. The van der Waals surface area contributed by atoms with Crippen LogP contribution in [0.15, 0.2) is 51.2 Å². The van der Waals surface area contributed by atoms with E-state index in [-0.39, 0.29) is 16.9 Å². The van der Waals surface area contributed by atoms with Crippen molar-refractivity contribution in [3.63, 3.8) is 0 Å². The second-order valence-corrected chi connectivity index (χ2v) is 6.57. The van der Waals surface area contributed by atoms with Crippen LogP contribution < -0.4 is 5.43 Å². The highest BCUT2D eigenvalue weighted by Gasteiger charge is 2.17. The maximum Gasteiger partial charge on any atom is 0.263 e. The van der Waals surface area contributed by atoms with E-state index in [2.05, 4.69) is 10.1 Å². The molecule has 0 atom stereocenters. The zero-order chi connectivity index (χ0) is 17.4. The molecule has 0 radical (unpaired) electrons. The number of fused-ring (bicyclic) bond motifs is 1. The first-order valence-electron chi connectivity index (χ1n) is 7.88. The Kier molecular flexibility index (Phi) is 3.93. The first kappa shape index (κ1) is 15.7. The van der Waals surface area contributed by atoms with E-state index in [0.717, 1.165) is 11.3 Å². The molecule has 25 heavy (non-hydrogen) atoms. The standard InChI is InChI=1S/C18H14FN3O2S/c1-2-7-22-10-13(16(23)12-9-11(19)5-6-14(12)22)18-20-17(21-24-18)15-4-3-8-25-15/h3-6,8-10H,2,7H2,1H3. The van der Waals surface area contributed by atoms with Crippen molar-refractivity contribution in [2.45, 2.75) is 19.9 Å². The molecule has 0 saturated carbocycles. The predicted molar refractivity (Wildman–Crippen MR) is 95.1 cm³/mol. The number of benzene rings is 1. The summed E-state index contributed by atoms with van der Waals surface area (Å²) < 4.78 is 20.9. The van der Waals surface area contributed by atoms with Gasteiger partial charge < -0.3 is 9.09 Å². The monoisotopic (exact) mass is 355 g/mol. The molecule has 0 aliphatic rings. The van der Waals surface area contributed by atoms with Gasteiger partial charge in [-0.05, 0) is 36.1 Å². The fourth-order valence-corrected chi connectivity index (χ4v) is 3.44. The van der Waals surface area contributed by atoms with Gasteiger partial charge in [-0.2, -0.15) is 4.98 Å². The molecule has 3 heterocycles. The van der Waals surface area contributed by atoms with E-state index in [9.17, 15) is 9.18 Å². The van der Waals surface area contributed by atoms with Gasteiger partial charge in [-0.15, -0.1) is 11.3 Å². The molecule has 0 amide bonds. The first-order chi connectivity index (χ1) is 12.2. The molecule has 1 aromatic carbocycles. The summed E-state index contributed by atoms with van der Waals surface area (Å²) in [4.78, 5) is 18.0. The fraction of sp³-hybridized carbons (Fsp3) is 0.167. The van der Waals surface area contributed by atoms with Crippen molar-refractivity contribution in [1.29, 1.82) is 0 Å². The van der Waals surface area contributed by atoms with E-state index in [1.807, 2.05) is 29.0 Å². The van der Waals surface area contributed by atoms with E-state index in [0.29, 0.717) is 23.3 Å². The lowest BCUT2D eigenvalue weighted by Gasteiger charge is -2.11. The smallest absolute Gasteiger partial charge is 0.263 e. The highest BCUT2D eigenvalue weighted by Crippen LogP contribution is 2.25. The Bertz CT molecular complexity index is 1100. The molecule has 5 nitrogen and oxygen atoms in total. The van der Waals surface area contributed by atoms with Crippen LogP contribution in [0.5, 0.6) is 0 Å². The Morgan fingerprint density at radius 3 is 2.96 bits per heavy atom. The van der Waals surface area contributed by atoms with Crippen molar-refractivity contribution >= 4 is 22.2 Å². The topological polar surface area (TPSA) is 60.9 Å². The normalized spacial score (nSPS) is 11.3. The summed E-state index contributed by atoms with van der Waals surface area (Å²) in [5, 5.41) is 6.17. The lowest BCUT2D eigenvalue weighted by molar-refractivity contribution is 0.432. The number of thiophene rings is 1. The van der Waals surface area contributed by atoms with Gasteiger partial charge in [0.2, 0.25) is 11.3 Å². The second-order valence-electron chi connectivity index (χ2n) is 5.63. The van der Waals surface area contributed by atoms with Gasteiger partial charge >= 0.3 is 0 Å². The summed E-state index contributed by atoms with van der Waals surface area (Å²) in [5.74, 6) is 0.129. The molecule has 4 aromatic rings. The minimum absolute atomic E-state index is 0.143. The molecule has 0 aliphatic carbocycles. The highest BCUT2D eigenvalue weighted by atomic mass is 32.1. The Morgan fingerprint density at radius 2 is 2.20 bits per heavy atom. The summed E-state index contributed by atoms with van der Waals surface area (Å²) in [5.41, 5.74) is 0.653. The summed E-state index contributed by atoms with van der Waals surface area (Å²) >= 11 is 1.49. The Hall–Kier alpha value is -2.80. The molecule has 0 unspecified atom stereocenters. The van der Waals surface area contributed by atoms with Crippen molar-refractivity contribution in [2.24, 2.45) is 0 Å². The Balaban J connectivity index is 1.92. The fourth-order valence-electron chi connectivity index (χ4n) is 2.79. The molecular formula is C18H14FN3O2S. The van der Waals surface area contributed by atoms with Crippen LogP contribution in [0.2, 0.25) is 0 Å².